The van der Waals surface area contributed by atoms with E-state index in [4.69, 9.17) is 9.15 Å². The molecule has 0 spiro atoms. The van der Waals surface area contributed by atoms with E-state index in [1.54, 1.807) is 13.0 Å². The summed E-state index contributed by atoms with van der Waals surface area (Å²) in [6, 6.07) is 6.23. The van der Waals surface area contributed by atoms with E-state index in [2.05, 4.69) is 5.32 Å². The first-order valence-electron chi connectivity index (χ1n) is 6.50. The molecule has 118 valence electrons. The van der Waals surface area contributed by atoms with Crippen molar-refractivity contribution in [2.75, 3.05) is 13.2 Å². The molecule has 1 N–H and O–H groups in total. The Labute approximate surface area is 124 Å². The highest BCUT2D eigenvalue weighted by Gasteiger charge is 2.30. The Bertz CT molecular complexity index is 649. The lowest BCUT2D eigenvalue weighted by atomic mass is 10.2. The van der Waals surface area contributed by atoms with Crippen molar-refractivity contribution in [2.45, 2.75) is 13.1 Å². The Morgan fingerprint density at radius 2 is 2.09 bits per heavy atom. The monoisotopic (exact) mass is 313 g/mol. The number of aryl methyl sites for hydroxylation is 1. The van der Waals surface area contributed by atoms with Gasteiger partial charge in [-0.2, -0.15) is 13.2 Å². The van der Waals surface area contributed by atoms with Crippen LogP contribution in [0.1, 0.15) is 21.7 Å². The Hall–Kier alpha value is -2.44. The molecule has 4 nitrogen and oxygen atoms in total. The van der Waals surface area contributed by atoms with E-state index in [0.717, 1.165) is 12.1 Å². The van der Waals surface area contributed by atoms with Gasteiger partial charge in [0.2, 0.25) is 0 Å². The molecule has 22 heavy (non-hydrogen) atoms. The van der Waals surface area contributed by atoms with E-state index in [1.165, 1.54) is 18.4 Å². The van der Waals surface area contributed by atoms with Crippen molar-refractivity contribution in [1.82, 2.24) is 5.32 Å². The van der Waals surface area contributed by atoms with Crippen molar-refractivity contribution in [3.63, 3.8) is 0 Å². The van der Waals surface area contributed by atoms with Crippen molar-refractivity contribution < 1.29 is 27.1 Å². The van der Waals surface area contributed by atoms with E-state index in [1.807, 2.05) is 0 Å². The Balaban J connectivity index is 1.82. The molecule has 1 amide bonds. The zero-order chi connectivity index (χ0) is 16.2. The van der Waals surface area contributed by atoms with Gasteiger partial charge in [-0.3, -0.25) is 4.79 Å². The van der Waals surface area contributed by atoms with Gasteiger partial charge in [0.25, 0.3) is 5.91 Å². The summed E-state index contributed by atoms with van der Waals surface area (Å²) < 4.78 is 47.8. The molecular weight excluding hydrogens is 299 g/mol. The summed E-state index contributed by atoms with van der Waals surface area (Å²) in [7, 11) is 0. The van der Waals surface area contributed by atoms with Crippen LogP contribution in [-0.4, -0.2) is 19.1 Å². The van der Waals surface area contributed by atoms with Crippen molar-refractivity contribution in [1.29, 1.82) is 0 Å². The number of furan rings is 1. The van der Waals surface area contributed by atoms with Gasteiger partial charge in [0.05, 0.1) is 18.4 Å². The van der Waals surface area contributed by atoms with Crippen LogP contribution in [0.5, 0.6) is 5.75 Å². The number of carbonyl (C=O) groups is 1. The minimum atomic E-state index is -4.41. The van der Waals surface area contributed by atoms with Gasteiger partial charge in [-0.05, 0) is 31.2 Å². The predicted octanol–water partition coefficient (Wildman–Crippen LogP) is 3.42. The molecular formula is C15H14F3NO3. The maximum Gasteiger partial charge on any atom is 0.416 e. The zero-order valence-corrected chi connectivity index (χ0v) is 11.7. The van der Waals surface area contributed by atoms with Gasteiger partial charge in [-0.15, -0.1) is 0 Å². The molecule has 0 unspecified atom stereocenters. The van der Waals surface area contributed by atoms with Crippen LogP contribution in [0.2, 0.25) is 0 Å². The number of benzene rings is 1. The Morgan fingerprint density at radius 1 is 1.32 bits per heavy atom. The summed E-state index contributed by atoms with van der Waals surface area (Å²) in [5.41, 5.74) is -0.0726. The highest BCUT2D eigenvalue weighted by atomic mass is 19.4. The smallest absolute Gasteiger partial charge is 0.416 e. The zero-order valence-electron chi connectivity index (χ0n) is 11.7. The predicted molar refractivity (Wildman–Crippen MR) is 72.7 cm³/mol. The highest BCUT2D eigenvalue weighted by Crippen LogP contribution is 2.31. The van der Waals surface area contributed by atoms with Crippen LogP contribution < -0.4 is 10.1 Å². The summed E-state index contributed by atoms with van der Waals surface area (Å²) in [5, 5.41) is 2.56. The number of hydrogen-bond acceptors (Lipinski definition) is 3. The number of alkyl halides is 3. The first-order chi connectivity index (χ1) is 10.4. The fourth-order valence-corrected chi connectivity index (χ4v) is 1.78. The second kappa shape index (κ2) is 6.55. The lowest BCUT2D eigenvalue weighted by molar-refractivity contribution is -0.137. The third kappa shape index (κ3) is 4.03. The molecule has 0 aliphatic rings. The molecule has 0 aliphatic heterocycles. The van der Waals surface area contributed by atoms with Crippen molar-refractivity contribution >= 4 is 5.91 Å². The van der Waals surface area contributed by atoms with Gasteiger partial charge in [0.15, 0.2) is 5.76 Å². The fourth-order valence-electron chi connectivity index (χ4n) is 1.78. The third-order valence-electron chi connectivity index (χ3n) is 2.89. The molecule has 0 saturated carbocycles. The van der Waals surface area contributed by atoms with Gasteiger partial charge in [-0.25, -0.2) is 0 Å². The number of ether oxygens (including phenoxy) is 1. The van der Waals surface area contributed by atoms with E-state index in [0.29, 0.717) is 5.56 Å². The quantitative estimate of drug-likeness (QED) is 0.861. The minimum Gasteiger partial charge on any atom is -0.492 e. The molecule has 1 heterocycles. The highest BCUT2D eigenvalue weighted by molar-refractivity contribution is 5.92. The van der Waals surface area contributed by atoms with Crippen molar-refractivity contribution in [2.24, 2.45) is 0 Å². The third-order valence-corrected chi connectivity index (χ3v) is 2.89. The van der Waals surface area contributed by atoms with Crippen LogP contribution in [0.3, 0.4) is 0 Å². The normalized spacial score (nSPS) is 11.3. The SMILES string of the molecule is Cc1ccoc1C(=O)NCCOc1cccc(C(F)(F)F)c1. The van der Waals surface area contributed by atoms with Gasteiger partial charge in [-0.1, -0.05) is 6.07 Å². The number of halogens is 3. The molecule has 0 saturated heterocycles. The number of rotatable bonds is 5. The molecule has 1 aromatic heterocycles. The summed E-state index contributed by atoms with van der Waals surface area (Å²) in [6.45, 7) is 1.93. The van der Waals surface area contributed by atoms with Crippen LogP contribution in [0, 0.1) is 6.92 Å². The van der Waals surface area contributed by atoms with E-state index < -0.39 is 17.6 Å². The van der Waals surface area contributed by atoms with Crippen LogP contribution in [0.4, 0.5) is 13.2 Å². The molecule has 1 aromatic carbocycles. The van der Waals surface area contributed by atoms with Gasteiger partial charge >= 0.3 is 6.18 Å². The first-order valence-corrected chi connectivity index (χ1v) is 6.50. The molecule has 0 aliphatic carbocycles. The Morgan fingerprint density at radius 3 is 2.73 bits per heavy atom. The average Bonchev–Trinajstić information content (AvgIpc) is 2.89. The molecule has 2 rings (SSSR count). The minimum absolute atomic E-state index is 0.0484. The maximum atomic E-state index is 12.5. The summed E-state index contributed by atoms with van der Waals surface area (Å²) in [6.07, 6.45) is -3.01. The number of carbonyl (C=O) groups excluding carboxylic acids is 1. The van der Waals surface area contributed by atoms with Crippen molar-refractivity contribution in [3.8, 4) is 5.75 Å². The molecule has 0 radical (unpaired) electrons. The van der Waals surface area contributed by atoms with Gasteiger partial charge in [0.1, 0.15) is 12.4 Å². The van der Waals surface area contributed by atoms with Crippen LogP contribution in [-0.2, 0) is 6.18 Å². The van der Waals surface area contributed by atoms with E-state index in [9.17, 15) is 18.0 Å². The van der Waals surface area contributed by atoms with E-state index >= 15 is 0 Å². The molecule has 0 fully saturated rings. The van der Waals surface area contributed by atoms with Crippen molar-refractivity contribution in [3.05, 3.63) is 53.5 Å². The molecule has 0 atom stereocenters. The fraction of sp³-hybridized carbons (Fsp3) is 0.267. The maximum absolute atomic E-state index is 12.5. The lowest BCUT2D eigenvalue weighted by Gasteiger charge is -2.10. The summed E-state index contributed by atoms with van der Waals surface area (Å²) >= 11 is 0. The first kappa shape index (κ1) is 15.9. The topological polar surface area (TPSA) is 51.5 Å². The van der Waals surface area contributed by atoms with Crippen LogP contribution in [0.25, 0.3) is 0 Å². The summed E-state index contributed by atoms with van der Waals surface area (Å²) in [5.74, 6) is -0.0903. The van der Waals surface area contributed by atoms with Gasteiger partial charge < -0.3 is 14.5 Å². The molecule has 0 bridgehead atoms. The molecule has 2 aromatic rings. The van der Waals surface area contributed by atoms with E-state index in [-0.39, 0.29) is 24.7 Å². The average molecular weight is 313 g/mol. The van der Waals surface area contributed by atoms with Crippen LogP contribution in [0.15, 0.2) is 41.0 Å². The van der Waals surface area contributed by atoms with Gasteiger partial charge in [0, 0.05) is 5.56 Å². The van der Waals surface area contributed by atoms with Crippen LogP contribution >= 0.6 is 0 Å². The number of nitrogens with one attached hydrogen (secondary N) is 1. The largest absolute Gasteiger partial charge is 0.492 e. The Kier molecular flexibility index (Phi) is 4.75. The number of hydrogen-bond donors (Lipinski definition) is 1. The second-order valence-electron chi connectivity index (χ2n) is 4.56. The second-order valence-corrected chi connectivity index (χ2v) is 4.56. The summed E-state index contributed by atoms with van der Waals surface area (Å²) in [4.78, 5) is 11.7. The molecule has 7 heteroatoms. The standard InChI is InChI=1S/C15H14F3NO3/c1-10-5-7-22-13(10)14(20)19-6-8-21-12-4-2-3-11(9-12)15(16,17)18/h2-5,7,9H,6,8H2,1H3,(H,19,20). The number of amides is 1. The lowest BCUT2D eigenvalue weighted by Crippen LogP contribution is -2.28.